The van der Waals surface area contributed by atoms with Crippen LogP contribution in [-0.4, -0.2) is 48.2 Å². The molecule has 1 aliphatic carbocycles. The summed E-state index contributed by atoms with van der Waals surface area (Å²) in [5.74, 6) is -0.0560. The van der Waals surface area contributed by atoms with E-state index in [1.807, 2.05) is 7.05 Å². The molecule has 0 aromatic carbocycles. The lowest BCUT2D eigenvalue weighted by atomic mass is 9.78. The van der Waals surface area contributed by atoms with Gasteiger partial charge in [0.25, 0.3) is 0 Å². The molecule has 1 heterocycles. The summed E-state index contributed by atoms with van der Waals surface area (Å²) in [4.78, 5) is 13.6. The molecule has 17 heavy (non-hydrogen) atoms. The molecule has 1 saturated heterocycles. The monoisotopic (exact) mass is 240 g/mol. The molecular formula is C13H24N2O2. The van der Waals surface area contributed by atoms with E-state index >= 15 is 0 Å². The van der Waals surface area contributed by atoms with Gasteiger partial charge in [0.1, 0.15) is 0 Å². The third-order valence-electron chi connectivity index (χ3n) is 4.64. The molecule has 0 aromatic rings. The number of nitrogens with zero attached hydrogens (tertiary/aromatic N) is 1. The molecule has 2 N–H and O–H groups in total. The number of carboxylic acid groups (broad SMARTS) is 1. The Morgan fingerprint density at radius 2 is 2.12 bits per heavy atom. The summed E-state index contributed by atoms with van der Waals surface area (Å²) in [6.45, 7) is 3.99. The number of nitrogens with one attached hydrogen (secondary N) is 1. The molecule has 1 aliphatic heterocycles. The van der Waals surface area contributed by atoms with Gasteiger partial charge in [0.2, 0.25) is 0 Å². The van der Waals surface area contributed by atoms with Gasteiger partial charge in [-0.1, -0.05) is 6.42 Å². The predicted octanol–water partition coefficient (Wildman–Crippen LogP) is 1.17. The molecule has 2 rings (SSSR count). The zero-order valence-electron chi connectivity index (χ0n) is 10.9. The molecule has 4 heteroatoms. The van der Waals surface area contributed by atoms with Crippen molar-refractivity contribution in [3.8, 4) is 0 Å². The van der Waals surface area contributed by atoms with Crippen molar-refractivity contribution in [2.24, 2.45) is 11.8 Å². The Balaban J connectivity index is 1.97. The maximum absolute atomic E-state index is 11.2. The van der Waals surface area contributed by atoms with Gasteiger partial charge in [-0.05, 0) is 39.2 Å². The highest BCUT2D eigenvalue weighted by Crippen LogP contribution is 2.33. The second kappa shape index (κ2) is 5.36. The van der Waals surface area contributed by atoms with Gasteiger partial charge >= 0.3 is 5.97 Å². The largest absolute Gasteiger partial charge is 0.481 e. The van der Waals surface area contributed by atoms with Crippen molar-refractivity contribution in [3.05, 3.63) is 0 Å². The minimum Gasteiger partial charge on any atom is -0.481 e. The Bertz CT molecular complexity index is 279. The molecule has 1 saturated carbocycles. The number of carboxylic acids is 1. The van der Waals surface area contributed by atoms with Crippen molar-refractivity contribution >= 4 is 5.97 Å². The van der Waals surface area contributed by atoms with Crippen LogP contribution < -0.4 is 5.32 Å². The fraction of sp³-hybridized carbons (Fsp3) is 0.923. The van der Waals surface area contributed by atoms with Crippen LogP contribution in [0.5, 0.6) is 0 Å². The number of likely N-dealkylation sites (tertiary alicyclic amines) is 1. The smallest absolute Gasteiger partial charge is 0.307 e. The summed E-state index contributed by atoms with van der Waals surface area (Å²) in [5.41, 5.74) is 0. The molecule has 4 nitrogen and oxygen atoms in total. The van der Waals surface area contributed by atoms with E-state index in [2.05, 4.69) is 17.1 Å². The highest BCUT2D eigenvalue weighted by atomic mass is 16.4. The van der Waals surface area contributed by atoms with E-state index in [0.29, 0.717) is 12.1 Å². The Kier molecular flexibility index (Phi) is 4.05. The van der Waals surface area contributed by atoms with Crippen LogP contribution in [0, 0.1) is 11.8 Å². The van der Waals surface area contributed by atoms with E-state index in [4.69, 9.17) is 0 Å². The van der Waals surface area contributed by atoms with E-state index in [1.165, 1.54) is 19.3 Å². The van der Waals surface area contributed by atoms with Gasteiger partial charge in [-0.3, -0.25) is 9.69 Å². The molecule has 0 amide bonds. The predicted molar refractivity (Wildman–Crippen MR) is 67.0 cm³/mol. The van der Waals surface area contributed by atoms with E-state index in [1.54, 1.807) is 0 Å². The van der Waals surface area contributed by atoms with Crippen LogP contribution in [0.2, 0.25) is 0 Å². The topological polar surface area (TPSA) is 52.6 Å². The summed E-state index contributed by atoms with van der Waals surface area (Å²) in [6, 6.07) is 0.870. The highest BCUT2D eigenvalue weighted by Gasteiger charge is 2.36. The first kappa shape index (κ1) is 12.8. The lowest BCUT2D eigenvalue weighted by Gasteiger charge is -2.44. The van der Waals surface area contributed by atoms with Crippen molar-refractivity contribution in [2.75, 3.05) is 20.1 Å². The van der Waals surface area contributed by atoms with Gasteiger partial charge in [-0.2, -0.15) is 0 Å². The Labute approximate surface area is 103 Å². The number of rotatable bonds is 4. The molecule has 0 aromatic heterocycles. The maximum atomic E-state index is 11.2. The molecular weight excluding hydrogens is 216 g/mol. The van der Waals surface area contributed by atoms with Gasteiger partial charge in [-0.25, -0.2) is 0 Å². The lowest BCUT2D eigenvalue weighted by molar-refractivity contribution is -0.144. The minimum absolute atomic E-state index is 0.205. The van der Waals surface area contributed by atoms with Gasteiger partial charge in [0.05, 0.1) is 5.92 Å². The number of aliphatic carboxylic acids is 1. The number of hydrogen-bond acceptors (Lipinski definition) is 3. The van der Waals surface area contributed by atoms with E-state index < -0.39 is 5.97 Å². The molecule has 2 fully saturated rings. The minimum atomic E-state index is -0.643. The first-order valence-electron chi connectivity index (χ1n) is 6.76. The molecule has 0 radical (unpaired) electrons. The van der Waals surface area contributed by atoms with Crippen LogP contribution in [0.3, 0.4) is 0 Å². The fourth-order valence-corrected chi connectivity index (χ4v) is 3.07. The zero-order chi connectivity index (χ0) is 12.4. The van der Waals surface area contributed by atoms with Crippen molar-refractivity contribution in [3.63, 3.8) is 0 Å². The Morgan fingerprint density at radius 1 is 1.41 bits per heavy atom. The Morgan fingerprint density at radius 3 is 2.59 bits per heavy atom. The van der Waals surface area contributed by atoms with Crippen molar-refractivity contribution in [1.29, 1.82) is 0 Å². The average molecular weight is 240 g/mol. The molecule has 0 bridgehead atoms. The van der Waals surface area contributed by atoms with Crippen LogP contribution in [-0.2, 0) is 4.79 Å². The number of likely N-dealkylation sites (N-methyl/N-ethyl adjacent to an activating group) is 1. The summed E-state index contributed by atoms with van der Waals surface area (Å²) in [5, 5.41) is 12.5. The average Bonchev–Trinajstić information content (AvgIpc) is 2.25. The summed E-state index contributed by atoms with van der Waals surface area (Å²) in [6.07, 6.45) is 4.75. The second-order valence-electron chi connectivity index (χ2n) is 5.64. The van der Waals surface area contributed by atoms with Gasteiger partial charge in [0.15, 0.2) is 0 Å². The van der Waals surface area contributed by atoms with Crippen molar-refractivity contribution in [1.82, 2.24) is 10.2 Å². The molecule has 2 aliphatic rings. The lowest BCUT2D eigenvalue weighted by Crippen LogP contribution is -2.55. The second-order valence-corrected chi connectivity index (χ2v) is 5.64. The first-order chi connectivity index (χ1) is 8.11. The fourth-order valence-electron chi connectivity index (χ4n) is 3.07. The van der Waals surface area contributed by atoms with Gasteiger partial charge in [-0.15, -0.1) is 0 Å². The standard InChI is InChI=1S/C13H24N2O2/c1-9(10-4-3-5-10)15-7-11(13(16)17)6-12(8-15)14-2/h9-12,14H,3-8H2,1-2H3,(H,16,17). The van der Waals surface area contributed by atoms with E-state index in [-0.39, 0.29) is 5.92 Å². The maximum Gasteiger partial charge on any atom is 0.307 e. The van der Waals surface area contributed by atoms with Gasteiger partial charge < -0.3 is 10.4 Å². The zero-order valence-corrected chi connectivity index (χ0v) is 10.9. The molecule has 98 valence electrons. The van der Waals surface area contributed by atoms with Crippen LogP contribution in [0.15, 0.2) is 0 Å². The molecule has 0 spiro atoms. The highest BCUT2D eigenvalue weighted by molar-refractivity contribution is 5.70. The third kappa shape index (κ3) is 2.80. The first-order valence-corrected chi connectivity index (χ1v) is 6.76. The number of carbonyl (C=O) groups is 1. The van der Waals surface area contributed by atoms with Gasteiger partial charge in [0, 0.05) is 25.2 Å². The van der Waals surface area contributed by atoms with Crippen LogP contribution in [0.1, 0.15) is 32.6 Å². The normalized spacial score (nSPS) is 33.1. The summed E-state index contributed by atoms with van der Waals surface area (Å²) in [7, 11) is 1.93. The number of piperidine rings is 1. The van der Waals surface area contributed by atoms with E-state index in [9.17, 15) is 9.90 Å². The summed E-state index contributed by atoms with van der Waals surface area (Å²) < 4.78 is 0. The van der Waals surface area contributed by atoms with Crippen LogP contribution in [0.25, 0.3) is 0 Å². The molecule has 3 atom stereocenters. The molecule has 3 unspecified atom stereocenters. The third-order valence-corrected chi connectivity index (χ3v) is 4.64. The number of hydrogen-bond donors (Lipinski definition) is 2. The van der Waals surface area contributed by atoms with Crippen LogP contribution >= 0.6 is 0 Å². The van der Waals surface area contributed by atoms with Crippen molar-refractivity contribution < 1.29 is 9.90 Å². The van der Waals surface area contributed by atoms with Crippen LogP contribution in [0.4, 0.5) is 0 Å². The quantitative estimate of drug-likeness (QED) is 0.774. The van der Waals surface area contributed by atoms with E-state index in [0.717, 1.165) is 25.4 Å². The Hall–Kier alpha value is -0.610. The van der Waals surface area contributed by atoms with Crippen molar-refractivity contribution in [2.45, 2.75) is 44.7 Å². The SMILES string of the molecule is CNC1CC(C(=O)O)CN(C(C)C2CCC2)C1. The summed E-state index contributed by atoms with van der Waals surface area (Å²) >= 11 is 0.